The molecule has 0 fully saturated rings. The minimum absolute atomic E-state index is 0.0460. The second-order valence-electron chi connectivity index (χ2n) is 4.71. The molecule has 1 aromatic carbocycles. The van der Waals surface area contributed by atoms with E-state index in [9.17, 15) is 4.79 Å². The fourth-order valence-electron chi connectivity index (χ4n) is 2.44. The maximum absolute atomic E-state index is 12.5. The van der Waals surface area contributed by atoms with Gasteiger partial charge in [-0.25, -0.2) is 4.98 Å². The van der Waals surface area contributed by atoms with Crippen molar-refractivity contribution in [2.45, 2.75) is 19.9 Å². The Bertz CT molecular complexity index is 884. The SMILES string of the molecule is CCc1nc(-c2ccccc2)n2ccn(CC#N)c(=O)c12. The lowest BCUT2D eigenvalue weighted by atomic mass is 10.2. The first kappa shape index (κ1) is 13.1. The normalized spacial score (nSPS) is 10.7. The highest BCUT2D eigenvalue weighted by Gasteiger charge is 2.15. The van der Waals surface area contributed by atoms with E-state index in [2.05, 4.69) is 4.98 Å². The van der Waals surface area contributed by atoms with Gasteiger partial charge in [0.1, 0.15) is 17.9 Å². The predicted molar refractivity (Wildman–Crippen MR) is 79.9 cm³/mol. The molecule has 2 aromatic heterocycles. The van der Waals surface area contributed by atoms with Crippen molar-refractivity contribution in [3.63, 3.8) is 0 Å². The zero-order valence-corrected chi connectivity index (χ0v) is 11.7. The molecule has 0 atom stereocenters. The lowest BCUT2D eigenvalue weighted by Gasteiger charge is -2.04. The minimum atomic E-state index is -0.175. The number of hydrogen-bond donors (Lipinski definition) is 0. The Balaban J connectivity index is 2.33. The first-order valence-electron chi connectivity index (χ1n) is 6.79. The third-order valence-electron chi connectivity index (χ3n) is 3.45. The molecule has 3 rings (SSSR count). The Morgan fingerprint density at radius 3 is 2.67 bits per heavy atom. The Hall–Kier alpha value is -2.87. The molecule has 0 aliphatic rings. The molecule has 5 nitrogen and oxygen atoms in total. The van der Waals surface area contributed by atoms with Gasteiger partial charge in [0, 0.05) is 18.0 Å². The van der Waals surface area contributed by atoms with Gasteiger partial charge in [-0.15, -0.1) is 0 Å². The summed E-state index contributed by atoms with van der Waals surface area (Å²) in [4.78, 5) is 17.1. The number of hydrogen-bond acceptors (Lipinski definition) is 3. The Morgan fingerprint density at radius 2 is 2.00 bits per heavy atom. The van der Waals surface area contributed by atoms with E-state index in [0.29, 0.717) is 11.9 Å². The van der Waals surface area contributed by atoms with Crippen LogP contribution in [0.5, 0.6) is 0 Å². The van der Waals surface area contributed by atoms with Gasteiger partial charge in [-0.05, 0) is 6.42 Å². The molecule has 0 aliphatic heterocycles. The third-order valence-corrected chi connectivity index (χ3v) is 3.45. The first-order valence-corrected chi connectivity index (χ1v) is 6.79. The van der Waals surface area contributed by atoms with Crippen LogP contribution in [0, 0.1) is 11.3 Å². The molecule has 0 saturated heterocycles. The van der Waals surface area contributed by atoms with Crippen molar-refractivity contribution in [1.29, 1.82) is 5.26 Å². The van der Waals surface area contributed by atoms with Gasteiger partial charge < -0.3 is 0 Å². The van der Waals surface area contributed by atoms with Crippen LogP contribution in [0.15, 0.2) is 47.5 Å². The lowest BCUT2D eigenvalue weighted by molar-refractivity contribution is 0.779. The molecule has 0 spiro atoms. The minimum Gasteiger partial charge on any atom is -0.298 e. The molecule has 5 heteroatoms. The second kappa shape index (κ2) is 5.25. The summed E-state index contributed by atoms with van der Waals surface area (Å²) in [5, 5.41) is 8.79. The summed E-state index contributed by atoms with van der Waals surface area (Å²) < 4.78 is 3.22. The summed E-state index contributed by atoms with van der Waals surface area (Å²) in [5.74, 6) is 0.753. The summed E-state index contributed by atoms with van der Waals surface area (Å²) in [6, 6.07) is 11.8. The Labute approximate surface area is 121 Å². The van der Waals surface area contributed by atoms with Gasteiger partial charge in [0.05, 0.1) is 11.8 Å². The van der Waals surface area contributed by atoms with Crippen LogP contribution in [0.3, 0.4) is 0 Å². The van der Waals surface area contributed by atoms with Crippen molar-refractivity contribution < 1.29 is 0 Å². The molecule has 104 valence electrons. The average molecular weight is 278 g/mol. The van der Waals surface area contributed by atoms with Gasteiger partial charge in [-0.2, -0.15) is 5.26 Å². The summed E-state index contributed by atoms with van der Waals surface area (Å²) >= 11 is 0. The zero-order chi connectivity index (χ0) is 14.8. The fraction of sp³-hybridized carbons (Fsp3) is 0.188. The van der Waals surface area contributed by atoms with Gasteiger partial charge in [0.15, 0.2) is 0 Å². The Kier molecular flexibility index (Phi) is 3.28. The number of imidazole rings is 1. The number of nitriles is 1. The number of aromatic nitrogens is 3. The second-order valence-corrected chi connectivity index (χ2v) is 4.71. The number of benzene rings is 1. The van der Waals surface area contributed by atoms with Crippen LogP contribution in [0.2, 0.25) is 0 Å². The fourth-order valence-corrected chi connectivity index (χ4v) is 2.44. The van der Waals surface area contributed by atoms with E-state index in [-0.39, 0.29) is 12.1 Å². The lowest BCUT2D eigenvalue weighted by Crippen LogP contribution is -2.21. The van der Waals surface area contributed by atoms with E-state index in [1.807, 2.05) is 47.7 Å². The monoisotopic (exact) mass is 278 g/mol. The highest BCUT2D eigenvalue weighted by atomic mass is 16.1. The quantitative estimate of drug-likeness (QED) is 0.738. The molecule has 0 saturated carbocycles. The van der Waals surface area contributed by atoms with Gasteiger partial charge in [0.2, 0.25) is 0 Å². The summed E-state index contributed by atoms with van der Waals surface area (Å²) in [6.07, 6.45) is 4.09. The number of nitrogens with zero attached hydrogens (tertiary/aromatic N) is 4. The van der Waals surface area contributed by atoms with Gasteiger partial charge >= 0.3 is 0 Å². The molecule has 0 unspecified atom stereocenters. The van der Waals surface area contributed by atoms with E-state index in [1.54, 1.807) is 12.4 Å². The van der Waals surface area contributed by atoms with E-state index in [0.717, 1.165) is 17.1 Å². The van der Waals surface area contributed by atoms with Crippen LogP contribution >= 0.6 is 0 Å². The molecule has 0 aliphatic carbocycles. The zero-order valence-electron chi connectivity index (χ0n) is 11.7. The van der Waals surface area contributed by atoms with Crippen molar-refractivity contribution in [1.82, 2.24) is 14.0 Å². The van der Waals surface area contributed by atoms with Crippen LogP contribution in [0.1, 0.15) is 12.6 Å². The van der Waals surface area contributed by atoms with Crippen molar-refractivity contribution in [3.8, 4) is 17.5 Å². The van der Waals surface area contributed by atoms with Crippen LogP contribution in [0.4, 0.5) is 0 Å². The molecule has 21 heavy (non-hydrogen) atoms. The average Bonchev–Trinajstić information content (AvgIpc) is 2.90. The standard InChI is InChI=1S/C16H14N4O/c1-2-13-14-16(21)19(9-8-17)10-11-20(14)15(18-13)12-6-4-3-5-7-12/h3-7,10-11H,2,9H2,1H3. The highest BCUT2D eigenvalue weighted by Crippen LogP contribution is 2.21. The van der Waals surface area contributed by atoms with Gasteiger partial charge in [-0.1, -0.05) is 37.3 Å². The molecule has 0 radical (unpaired) electrons. The molecule has 2 heterocycles. The van der Waals surface area contributed by atoms with Crippen LogP contribution < -0.4 is 5.56 Å². The van der Waals surface area contributed by atoms with Crippen molar-refractivity contribution in [2.24, 2.45) is 0 Å². The maximum Gasteiger partial charge on any atom is 0.277 e. The van der Waals surface area contributed by atoms with Crippen molar-refractivity contribution >= 4 is 5.52 Å². The number of fused-ring (bicyclic) bond motifs is 1. The van der Waals surface area contributed by atoms with Crippen LogP contribution in [0.25, 0.3) is 16.9 Å². The third kappa shape index (κ3) is 2.11. The molecule has 3 aromatic rings. The smallest absolute Gasteiger partial charge is 0.277 e. The van der Waals surface area contributed by atoms with E-state index in [1.165, 1.54) is 4.57 Å². The Morgan fingerprint density at radius 1 is 1.24 bits per heavy atom. The predicted octanol–water partition coefficient (Wildman–Crippen LogP) is 2.25. The summed E-state index contributed by atoms with van der Waals surface area (Å²) in [7, 11) is 0. The molecule has 0 N–H and O–H groups in total. The van der Waals surface area contributed by atoms with Gasteiger partial charge in [0.25, 0.3) is 5.56 Å². The van der Waals surface area contributed by atoms with E-state index < -0.39 is 0 Å². The van der Waals surface area contributed by atoms with Gasteiger partial charge in [-0.3, -0.25) is 13.8 Å². The molecule has 0 bridgehead atoms. The summed E-state index contributed by atoms with van der Waals surface area (Å²) in [5.41, 5.74) is 2.09. The van der Waals surface area contributed by atoms with E-state index >= 15 is 0 Å². The molecule has 0 amide bonds. The molecular formula is C16H14N4O. The number of aryl methyl sites for hydroxylation is 1. The topological polar surface area (TPSA) is 63.1 Å². The highest BCUT2D eigenvalue weighted by molar-refractivity contribution is 5.64. The van der Waals surface area contributed by atoms with E-state index in [4.69, 9.17) is 5.26 Å². The van der Waals surface area contributed by atoms with Crippen LogP contribution in [-0.4, -0.2) is 14.0 Å². The van der Waals surface area contributed by atoms with Crippen molar-refractivity contribution in [2.75, 3.05) is 0 Å². The summed E-state index contributed by atoms with van der Waals surface area (Å²) in [6.45, 7) is 2.02. The molecular weight excluding hydrogens is 264 g/mol. The van der Waals surface area contributed by atoms with Crippen molar-refractivity contribution in [3.05, 3.63) is 58.8 Å². The largest absolute Gasteiger partial charge is 0.298 e. The number of rotatable bonds is 3. The first-order chi connectivity index (χ1) is 10.3. The van der Waals surface area contributed by atoms with Crippen LogP contribution in [-0.2, 0) is 13.0 Å². The maximum atomic E-state index is 12.5.